The second-order valence-corrected chi connectivity index (χ2v) is 6.16. The van der Waals surface area contributed by atoms with Crippen molar-refractivity contribution in [1.29, 1.82) is 0 Å². The van der Waals surface area contributed by atoms with E-state index in [0.29, 0.717) is 5.75 Å². The molecule has 28 heavy (non-hydrogen) atoms. The minimum absolute atomic E-state index is 0.245. The van der Waals surface area contributed by atoms with Crippen molar-refractivity contribution >= 4 is 23.5 Å². The van der Waals surface area contributed by atoms with Crippen molar-refractivity contribution in [3.05, 3.63) is 72.1 Å². The summed E-state index contributed by atoms with van der Waals surface area (Å²) in [7, 11) is 0. The fourth-order valence-electron chi connectivity index (χ4n) is 2.48. The zero-order valence-electron chi connectivity index (χ0n) is 15.9. The van der Waals surface area contributed by atoms with Gasteiger partial charge in [-0.1, -0.05) is 18.2 Å². The molecule has 3 rings (SSSR count). The Kier molecular flexibility index (Phi) is 5.96. The zero-order valence-corrected chi connectivity index (χ0v) is 15.9. The largest absolute Gasteiger partial charge is 0.457 e. The van der Waals surface area contributed by atoms with Gasteiger partial charge >= 0.3 is 0 Å². The van der Waals surface area contributed by atoms with Gasteiger partial charge in [0.2, 0.25) is 11.9 Å². The minimum Gasteiger partial charge on any atom is -0.457 e. The number of aromatic nitrogens is 2. The second-order valence-electron chi connectivity index (χ2n) is 6.16. The van der Waals surface area contributed by atoms with Gasteiger partial charge in [-0.05, 0) is 56.3 Å². The summed E-state index contributed by atoms with van der Waals surface area (Å²) in [6.45, 7) is 5.14. The summed E-state index contributed by atoms with van der Waals surface area (Å²) >= 11 is 0. The highest BCUT2D eigenvalue weighted by Crippen LogP contribution is 2.22. The molecule has 2 aromatic carbocycles. The SMILES string of the molecule is CC(=O)NC(=Nc1nc(C)cc(C)n1)Nc1ccc(Oc2ccccc2)cc1. The fraction of sp³-hybridized carbons (Fsp3) is 0.143. The van der Waals surface area contributed by atoms with Crippen LogP contribution >= 0.6 is 0 Å². The van der Waals surface area contributed by atoms with E-state index >= 15 is 0 Å². The van der Waals surface area contributed by atoms with Crippen LogP contribution in [0.3, 0.4) is 0 Å². The number of aryl methyl sites for hydroxylation is 2. The Bertz CT molecular complexity index is 965. The van der Waals surface area contributed by atoms with E-state index in [-0.39, 0.29) is 17.8 Å². The summed E-state index contributed by atoms with van der Waals surface area (Å²) in [4.78, 5) is 24.4. The van der Waals surface area contributed by atoms with E-state index < -0.39 is 0 Å². The predicted molar refractivity (Wildman–Crippen MR) is 109 cm³/mol. The maximum absolute atomic E-state index is 11.5. The fourth-order valence-corrected chi connectivity index (χ4v) is 2.48. The van der Waals surface area contributed by atoms with Gasteiger partial charge in [-0.25, -0.2) is 9.97 Å². The van der Waals surface area contributed by atoms with Crippen molar-refractivity contribution in [1.82, 2.24) is 15.3 Å². The lowest BCUT2D eigenvalue weighted by Gasteiger charge is -2.11. The first-order valence-electron chi connectivity index (χ1n) is 8.76. The normalized spacial score (nSPS) is 11.0. The summed E-state index contributed by atoms with van der Waals surface area (Å²) in [6, 6.07) is 18.7. The molecular formula is C21H21N5O2. The number of ether oxygens (including phenoxy) is 1. The number of amides is 1. The average molecular weight is 375 g/mol. The molecule has 2 N–H and O–H groups in total. The average Bonchev–Trinajstić information content (AvgIpc) is 2.63. The molecule has 0 bridgehead atoms. The molecule has 0 radical (unpaired) electrons. The molecule has 0 aliphatic carbocycles. The van der Waals surface area contributed by atoms with Crippen LogP contribution in [0.1, 0.15) is 18.3 Å². The Hall–Kier alpha value is -3.74. The number of aliphatic imine (C=N–C) groups is 1. The van der Waals surface area contributed by atoms with E-state index in [2.05, 4.69) is 25.6 Å². The highest BCUT2D eigenvalue weighted by molar-refractivity contribution is 6.04. The molecule has 3 aromatic rings. The first kappa shape index (κ1) is 19.0. The molecule has 1 heterocycles. The van der Waals surface area contributed by atoms with Crippen molar-refractivity contribution in [3.8, 4) is 11.5 Å². The molecule has 0 saturated carbocycles. The van der Waals surface area contributed by atoms with Crippen LogP contribution in [-0.4, -0.2) is 21.8 Å². The summed E-state index contributed by atoms with van der Waals surface area (Å²) in [5.41, 5.74) is 2.34. The summed E-state index contributed by atoms with van der Waals surface area (Å²) in [6.07, 6.45) is 0. The van der Waals surface area contributed by atoms with Crippen molar-refractivity contribution in [2.75, 3.05) is 5.32 Å². The van der Waals surface area contributed by atoms with Crippen LogP contribution < -0.4 is 15.4 Å². The quantitative estimate of drug-likeness (QED) is 0.529. The maximum Gasteiger partial charge on any atom is 0.253 e. The number of carbonyl (C=O) groups is 1. The number of guanidine groups is 1. The van der Waals surface area contributed by atoms with Crippen LogP contribution in [-0.2, 0) is 4.79 Å². The second kappa shape index (κ2) is 8.77. The first-order valence-corrected chi connectivity index (χ1v) is 8.76. The van der Waals surface area contributed by atoms with Gasteiger partial charge in [-0.15, -0.1) is 0 Å². The molecule has 7 nitrogen and oxygen atoms in total. The van der Waals surface area contributed by atoms with Gasteiger partial charge < -0.3 is 10.1 Å². The number of rotatable bonds is 4. The molecule has 0 unspecified atom stereocenters. The smallest absolute Gasteiger partial charge is 0.253 e. The Morgan fingerprint density at radius 1 is 0.929 bits per heavy atom. The van der Waals surface area contributed by atoms with Gasteiger partial charge in [0.15, 0.2) is 0 Å². The lowest BCUT2D eigenvalue weighted by atomic mass is 10.3. The van der Waals surface area contributed by atoms with Gasteiger partial charge in [0.1, 0.15) is 11.5 Å². The van der Waals surface area contributed by atoms with Gasteiger partial charge in [-0.2, -0.15) is 4.99 Å². The molecule has 1 aromatic heterocycles. The van der Waals surface area contributed by atoms with Crippen molar-refractivity contribution in [2.24, 2.45) is 4.99 Å². The number of hydrogen-bond donors (Lipinski definition) is 2. The number of para-hydroxylation sites is 1. The Labute approximate surface area is 163 Å². The van der Waals surface area contributed by atoms with Crippen molar-refractivity contribution < 1.29 is 9.53 Å². The highest BCUT2D eigenvalue weighted by atomic mass is 16.5. The van der Waals surface area contributed by atoms with Crippen LogP contribution in [0.2, 0.25) is 0 Å². The summed E-state index contributed by atoms with van der Waals surface area (Å²) in [5.74, 6) is 1.73. The van der Waals surface area contributed by atoms with Gasteiger partial charge in [-0.3, -0.25) is 10.1 Å². The topological polar surface area (TPSA) is 88.5 Å². The molecule has 1 amide bonds. The standard InChI is InChI=1S/C21H21N5O2/c1-14-13-15(2)23-20(22-14)26-21(24-16(3)27)25-17-9-11-19(12-10-17)28-18-7-5-4-6-8-18/h4-13H,1-3H3,(H2,22,23,24,25,26,27). The summed E-state index contributed by atoms with van der Waals surface area (Å²) < 4.78 is 5.78. The third-order valence-corrected chi connectivity index (χ3v) is 3.57. The number of carbonyl (C=O) groups excluding carboxylic acids is 1. The van der Waals surface area contributed by atoms with Crippen LogP contribution in [0.4, 0.5) is 11.6 Å². The first-order chi connectivity index (χ1) is 13.5. The Balaban J connectivity index is 1.77. The Morgan fingerprint density at radius 3 is 2.14 bits per heavy atom. The molecule has 0 spiro atoms. The lowest BCUT2D eigenvalue weighted by Crippen LogP contribution is -2.34. The number of anilines is 1. The zero-order chi connectivity index (χ0) is 19.9. The third-order valence-electron chi connectivity index (χ3n) is 3.57. The number of benzene rings is 2. The predicted octanol–water partition coefficient (Wildman–Crippen LogP) is 4.12. The number of nitrogens with zero attached hydrogens (tertiary/aromatic N) is 3. The number of nitrogens with one attached hydrogen (secondary N) is 2. The lowest BCUT2D eigenvalue weighted by molar-refractivity contribution is -0.117. The van der Waals surface area contributed by atoms with Gasteiger partial charge in [0.05, 0.1) is 0 Å². The van der Waals surface area contributed by atoms with Crippen LogP contribution in [0.5, 0.6) is 11.5 Å². The van der Waals surface area contributed by atoms with Crippen LogP contribution in [0.25, 0.3) is 0 Å². The van der Waals surface area contributed by atoms with E-state index in [4.69, 9.17) is 4.74 Å². The molecule has 142 valence electrons. The molecule has 7 heteroatoms. The molecular weight excluding hydrogens is 354 g/mol. The number of hydrogen-bond acceptors (Lipinski definition) is 5. The van der Waals surface area contributed by atoms with E-state index in [1.54, 1.807) is 0 Å². The van der Waals surface area contributed by atoms with Gasteiger partial charge in [0, 0.05) is 24.0 Å². The minimum atomic E-state index is -0.250. The molecule has 0 saturated heterocycles. The van der Waals surface area contributed by atoms with Crippen molar-refractivity contribution in [2.45, 2.75) is 20.8 Å². The van der Waals surface area contributed by atoms with E-state index in [1.807, 2.05) is 74.5 Å². The van der Waals surface area contributed by atoms with Crippen LogP contribution in [0.15, 0.2) is 65.7 Å². The Morgan fingerprint density at radius 2 is 1.54 bits per heavy atom. The molecule has 0 aliphatic rings. The van der Waals surface area contributed by atoms with Gasteiger partial charge in [0.25, 0.3) is 5.95 Å². The van der Waals surface area contributed by atoms with Crippen LogP contribution in [0, 0.1) is 13.8 Å². The molecule has 0 atom stereocenters. The van der Waals surface area contributed by atoms with E-state index in [9.17, 15) is 4.79 Å². The maximum atomic E-state index is 11.5. The van der Waals surface area contributed by atoms with Crippen molar-refractivity contribution in [3.63, 3.8) is 0 Å². The third kappa shape index (κ3) is 5.63. The van der Waals surface area contributed by atoms with E-state index in [1.165, 1.54) is 6.92 Å². The molecule has 0 aliphatic heterocycles. The monoisotopic (exact) mass is 375 g/mol. The summed E-state index contributed by atoms with van der Waals surface area (Å²) in [5, 5.41) is 5.73. The van der Waals surface area contributed by atoms with E-state index in [0.717, 1.165) is 22.8 Å². The highest BCUT2D eigenvalue weighted by Gasteiger charge is 2.06. The molecule has 0 fully saturated rings.